The van der Waals surface area contributed by atoms with E-state index in [2.05, 4.69) is 0 Å². The van der Waals surface area contributed by atoms with Crippen LogP contribution in [0.15, 0.2) is 18.2 Å². The van der Waals surface area contributed by atoms with Gasteiger partial charge in [0.05, 0.1) is 5.92 Å². The molecule has 0 aliphatic heterocycles. The molecule has 0 aromatic heterocycles. The lowest BCUT2D eigenvalue weighted by atomic mass is 9.94. The first-order chi connectivity index (χ1) is 8.04. The summed E-state index contributed by atoms with van der Waals surface area (Å²) in [7, 11) is 0. The minimum absolute atomic E-state index is 0.141. The van der Waals surface area contributed by atoms with Gasteiger partial charge in [0, 0.05) is 5.02 Å². The molecule has 0 aliphatic rings. The van der Waals surface area contributed by atoms with Crippen LogP contribution in [-0.2, 0) is 11.2 Å². The maximum atomic E-state index is 13.4. The average molecular weight is 260 g/mol. The standard InChI is InChI=1S/C12H15ClFNO2/c13-10-3-4-11(14)9(7-10)6-8(12(16)17)2-1-5-15/h3-4,7-8H,1-2,5-6,15H2,(H,16,17). The summed E-state index contributed by atoms with van der Waals surface area (Å²) in [5.74, 6) is -1.97. The highest BCUT2D eigenvalue weighted by Crippen LogP contribution is 2.20. The van der Waals surface area contributed by atoms with E-state index in [1.165, 1.54) is 18.2 Å². The van der Waals surface area contributed by atoms with Crippen molar-refractivity contribution in [1.29, 1.82) is 0 Å². The van der Waals surface area contributed by atoms with Crippen LogP contribution in [0.3, 0.4) is 0 Å². The predicted molar refractivity (Wildman–Crippen MR) is 64.5 cm³/mol. The van der Waals surface area contributed by atoms with Gasteiger partial charge in [-0.1, -0.05) is 11.6 Å². The van der Waals surface area contributed by atoms with E-state index in [1.807, 2.05) is 0 Å². The molecule has 0 radical (unpaired) electrons. The van der Waals surface area contributed by atoms with Crippen LogP contribution >= 0.6 is 11.6 Å². The summed E-state index contributed by atoms with van der Waals surface area (Å²) >= 11 is 5.75. The minimum atomic E-state index is -0.933. The molecule has 0 saturated heterocycles. The van der Waals surface area contributed by atoms with Crippen LogP contribution in [0.1, 0.15) is 18.4 Å². The van der Waals surface area contributed by atoms with Gasteiger partial charge in [0.1, 0.15) is 5.82 Å². The van der Waals surface area contributed by atoms with Crippen LogP contribution in [0.5, 0.6) is 0 Å². The summed E-state index contributed by atoms with van der Waals surface area (Å²) in [6, 6.07) is 4.16. The van der Waals surface area contributed by atoms with Crippen LogP contribution in [0.4, 0.5) is 4.39 Å². The molecule has 0 saturated carbocycles. The highest BCUT2D eigenvalue weighted by Gasteiger charge is 2.19. The first-order valence-electron chi connectivity index (χ1n) is 5.41. The van der Waals surface area contributed by atoms with Gasteiger partial charge in [-0.05, 0) is 49.6 Å². The van der Waals surface area contributed by atoms with Crippen LogP contribution in [0.2, 0.25) is 5.02 Å². The normalized spacial score (nSPS) is 12.4. The summed E-state index contributed by atoms with van der Waals surface area (Å²) in [6.07, 6.45) is 1.19. The average Bonchev–Trinajstić information content (AvgIpc) is 2.28. The highest BCUT2D eigenvalue weighted by molar-refractivity contribution is 6.30. The number of rotatable bonds is 6. The molecule has 1 unspecified atom stereocenters. The fraction of sp³-hybridized carbons (Fsp3) is 0.417. The Labute approximate surface area is 104 Å². The number of halogens is 2. The van der Waals surface area contributed by atoms with Crippen LogP contribution < -0.4 is 5.73 Å². The molecule has 94 valence electrons. The van der Waals surface area contributed by atoms with Crippen molar-refractivity contribution in [3.05, 3.63) is 34.6 Å². The van der Waals surface area contributed by atoms with E-state index >= 15 is 0 Å². The number of carboxylic acids is 1. The Morgan fingerprint density at radius 1 is 1.53 bits per heavy atom. The lowest BCUT2D eigenvalue weighted by Crippen LogP contribution is -2.18. The van der Waals surface area contributed by atoms with Crippen molar-refractivity contribution in [3.63, 3.8) is 0 Å². The van der Waals surface area contributed by atoms with E-state index < -0.39 is 17.7 Å². The van der Waals surface area contributed by atoms with Gasteiger partial charge in [-0.25, -0.2) is 4.39 Å². The molecule has 1 rings (SSSR count). The first-order valence-corrected chi connectivity index (χ1v) is 5.79. The monoisotopic (exact) mass is 259 g/mol. The minimum Gasteiger partial charge on any atom is -0.481 e. The largest absolute Gasteiger partial charge is 0.481 e. The second-order valence-corrected chi connectivity index (χ2v) is 4.34. The van der Waals surface area contributed by atoms with Gasteiger partial charge < -0.3 is 10.8 Å². The summed E-state index contributed by atoms with van der Waals surface area (Å²) in [6.45, 7) is 0.432. The molecule has 0 fully saturated rings. The third-order valence-electron chi connectivity index (χ3n) is 2.58. The number of carbonyl (C=O) groups is 1. The molecule has 3 nitrogen and oxygen atoms in total. The quantitative estimate of drug-likeness (QED) is 0.825. The van der Waals surface area contributed by atoms with Gasteiger partial charge in [0.25, 0.3) is 0 Å². The van der Waals surface area contributed by atoms with E-state index in [1.54, 1.807) is 0 Å². The molecule has 0 bridgehead atoms. The van der Waals surface area contributed by atoms with E-state index in [-0.39, 0.29) is 6.42 Å². The molecule has 1 atom stereocenters. The second-order valence-electron chi connectivity index (χ2n) is 3.91. The van der Waals surface area contributed by atoms with Gasteiger partial charge >= 0.3 is 5.97 Å². The van der Waals surface area contributed by atoms with Crippen LogP contribution in [-0.4, -0.2) is 17.6 Å². The number of hydrogen-bond acceptors (Lipinski definition) is 2. The van der Waals surface area contributed by atoms with Crippen molar-refractivity contribution < 1.29 is 14.3 Å². The number of hydrogen-bond donors (Lipinski definition) is 2. The zero-order valence-corrected chi connectivity index (χ0v) is 10.1. The molecule has 3 N–H and O–H groups in total. The van der Waals surface area contributed by atoms with E-state index in [4.69, 9.17) is 22.4 Å². The van der Waals surface area contributed by atoms with E-state index in [0.29, 0.717) is 30.0 Å². The van der Waals surface area contributed by atoms with Crippen molar-refractivity contribution in [2.75, 3.05) is 6.54 Å². The lowest BCUT2D eigenvalue weighted by Gasteiger charge is -2.12. The number of benzene rings is 1. The SMILES string of the molecule is NCCCC(Cc1cc(Cl)ccc1F)C(=O)O. The van der Waals surface area contributed by atoms with Gasteiger partial charge in [-0.2, -0.15) is 0 Å². The lowest BCUT2D eigenvalue weighted by molar-refractivity contribution is -0.141. The fourth-order valence-corrected chi connectivity index (χ4v) is 1.84. The number of aliphatic carboxylic acids is 1. The Morgan fingerprint density at radius 3 is 2.82 bits per heavy atom. The van der Waals surface area contributed by atoms with Crippen LogP contribution in [0.25, 0.3) is 0 Å². The molecular formula is C12H15ClFNO2. The Kier molecular flexibility index (Phi) is 5.38. The van der Waals surface area contributed by atoms with E-state index in [9.17, 15) is 9.18 Å². The Bertz CT molecular complexity index is 398. The maximum absolute atomic E-state index is 13.4. The van der Waals surface area contributed by atoms with E-state index in [0.717, 1.165) is 0 Å². The zero-order valence-electron chi connectivity index (χ0n) is 9.33. The summed E-state index contributed by atoms with van der Waals surface area (Å²) < 4.78 is 13.4. The maximum Gasteiger partial charge on any atom is 0.306 e. The highest BCUT2D eigenvalue weighted by atomic mass is 35.5. The van der Waals surface area contributed by atoms with Gasteiger partial charge in [-0.3, -0.25) is 4.79 Å². The van der Waals surface area contributed by atoms with Gasteiger partial charge in [-0.15, -0.1) is 0 Å². The first kappa shape index (κ1) is 13.9. The summed E-state index contributed by atoms with van der Waals surface area (Å²) in [4.78, 5) is 11.0. The topological polar surface area (TPSA) is 63.3 Å². The van der Waals surface area contributed by atoms with Gasteiger partial charge in [0.15, 0.2) is 0 Å². The molecule has 17 heavy (non-hydrogen) atoms. The van der Waals surface area contributed by atoms with Crippen LogP contribution in [0, 0.1) is 11.7 Å². The molecule has 0 spiro atoms. The molecule has 0 heterocycles. The summed E-state index contributed by atoms with van der Waals surface area (Å²) in [5.41, 5.74) is 5.67. The number of nitrogens with two attached hydrogens (primary N) is 1. The Morgan fingerprint density at radius 2 is 2.24 bits per heavy atom. The molecule has 1 aromatic carbocycles. The van der Waals surface area contributed by atoms with Crippen molar-refractivity contribution >= 4 is 17.6 Å². The zero-order chi connectivity index (χ0) is 12.8. The van der Waals surface area contributed by atoms with Crippen molar-refractivity contribution in [2.24, 2.45) is 11.7 Å². The smallest absolute Gasteiger partial charge is 0.306 e. The predicted octanol–water partition coefficient (Wildman–Crippen LogP) is 2.46. The summed E-state index contributed by atoms with van der Waals surface area (Å²) in [5, 5.41) is 9.43. The molecular weight excluding hydrogens is 245 g/mol. The van der Waals surface area contributed by atoms with Gasteiger partial charge in [0.2, 0.25) is 0 Å². The third kappa shape index (κ3) is 4.32. The van der Waals surface area contributed by atoms with Crippen molar-refractivity contribution in [2.45, 2.75) is 19.3 Å². The molecule has 0 amide bonds. The van der Waals surface area contributed by atoms with Crippen molar-refractivity contribution in [1.82, 2.24) is 0 Å². The molecule has 0 aliphatic carbocycles. The molecule has 5 heteroatoms. The molecule has 1 aromatic rings. The number of carboxylic acid groups (broad SMARTS) is 1. The fourth-order valence-electron chi connectivity index (χ4n) is 1.64. The van der Waals surface area contributed by atoms with Crippen molar-refractivity contribution in [3.8, 4) is 0 Å². The second kappa shape index (κ2) is 6.57. The Balaban J connectivity index is 2.78. The Hall–Kier alpha value is -1.13. The third-order valence-corrected chi connectivity index (χ3v) is 2.82.